The summed E-state index contributed by atoms with van der Waals surface area (Å²) in [5.74, 6) is 0.163. The van der Waals surface area contributed by atoms with E-state index in [9.17, 15) is 4.79 Å². The van der Waals surface area contributed by atoms with Crippen molar-refractivity contribution in [3.8, 4) is 0 Å². The average molecular weight is 200 g/mol. The van der Waals surface area contributed by atoms with Gasteiger partial charge < -0.3 is 15.4 Å². The summed E-state index contributed by atoms with van der Waals surface area (Å²) < 4.78 is 5.22. The van der Waals surface area contributed by atoms with Crippen molar-refractivity contribution in [3.63, 3.8) is 0 Å². The van der Waals surface area contributed by atoms with Gasteiger partial charge in [-0.05, 0) is 19.8 Å². The molecule has 1 unspecified atom stereocenters. The molecular formula is C10H20N2O2. The van der Waals surface area contributed by atoms with Crippen molar-refractivity contribution in [3.05, 3.63) is 0 Å². The monoisotopic (exact) mass is 200 g/mol. The second-order valence-electron chi connectivity index (χ2n) is 3.54. The van der Waals surface area contributed by atoms with Gasteiger partial charge in [0.25, 0.3) is 0 Å². The molecule has 0 aromatic heterocycles. The summed E-state index contributed by atoms with van der Waals surface area (Å²) in [4.78, 5) is 11.2. The van der Waals surface area contributed by atoms with Crippen LogP contribution in [0, 0.1) is 0 Å². The smallest absolute Gasteiger partial charge is 0.221 e. The molecule has 1 aliphatic rings. The Bertz CT molecular complexity index is 174. The zero-order valence-electron chi connectivity index (χ0n) is 8.84. The van der Waals surface area contributed by atoms with Crippen molar-refractivity contribution in [1.82, 2.24) is 10.6 Å². The van der Waals surface area contributed by atoms with Crippen LogP contribution < -0.4 is 10.6 Å². The first-order valence-electron chi connectivity index (χ1n) is 5.40. The lowest BCUT2D eigenvalue weighted by molar-refractivity contribution is -0.121. The maximum absolute atomic E-state index is 11.2. The molecule has 0 spiro atoms. The van der Waals surface area contributed by atoms with E-state index < -0.39 is 0 Å². The molecule has 2 N–H and O–H groups in total. The topological polar surface area (TPSA) is 50.4 Å². The predicted octanol–water partition coefficient (Wildman–Crippen LogP) is 0.281. The zero-order valence-corrected chi connectivity index (χ0v) is 8.84. The van der Waals surface area contributed by atoms with Gasteiger partial charge in [0.2, 0.25) is 5.91 Å². The molecule has 1 fully saturated rings. The van der Waals surface area contributed by atoms with Crippen molar-refractivity contribution in [2.45, 2.75) is 32.2 Å². The highest BCUT2D eigenvalue weighted by molar-refractivity contribution is 5.76. The van der Waals surface area contributed by atoms with Gasteiger partial charge in [-0.1, -0.05) is 0 Å². The number of carbonyl (C=O) groups excluding carboxylic acids is 1. The average Bonchev–Trinajstić information content (AvgIpc) is 2.38. The second kappa shape index (κ2) is 6.79. The minimum absolute atomic E-state index is 0.163. The van der Waals surface area contributed by atoms with Gasteiger partial charge in [-0.3, -0.25) is 4.79 Å². The number of hydrogen-bond donors (Lipinski definition) is 2. The lowest BCUT2D eigenvalue weighted by Crippen LogP contribution is -2.34. The molecule has 1 atom stereocenters. The van der Waals surface area contributed by atoms with E-state index in [0.717, 1.165) is 39.1 Å². The predicted molar refractivity (Wildman–Crippen MR) is 55.1 cm³/mol. The number of rotatable bonds is 5. The maximum Gasteiger partial charge on any atom is 0.221 e. The van der Waals surface area contributed by atoms with Crippen LogP contribution in [0.4, 0.5) is 0 Å². The SMILES string of the molecule is CCOCCNC1CCCNC(=O)C1. The molecule has 4 nitrogen and oxygen atoms in total. The minimum atomic E-state index is 0.163. The van der Waals surface area contributed by atoms with Crippen LogP contribution in [0.15, 0.2) is 0 Å². The minimum Gasteiger partial charge on any atom is -0.380 e. The van der Waals surface area contributed by atoms with Crippen molar-refractivity contribution in [2.75, 3.05) is 26.3 Å². The largest absolute Gasteiger partial charge is 0.380 e. The first-order chi connectivity index (χ1) is 6.83. The number of carbonyl (C=O) groups is 1. The van der Waals surface area contributed by atoms with E-state index in [1.165, 1.54) is 0 Å². The van der Waals surface area contributed by atoms with Crippen molar-refractivity contribution in [2.24, 2.45) is 0 Å². The van der Waals surface area contributed by atoms with E-state index in [0.29, 0.717) is 12.5 Å². The Balaban J connectivity index is 2.12. The van der Waals surface area contributed by atoms with E-state index in [1.54, 1.807) is 0 Å². The number of hydrogen-bond acceptors (Lipinski definition) is 3. The van der Waals surface area contributed by atoms with Crippen molar-refractivity contribution in [1.29, 1.82) is 0 Å². The van der Waals surface area contributed by atoms with Gasteiger partial charge in [-0.25, -0.2) is 0 Å². The van der Waals surface area contributed by atoms with Gasteiger partial charge >= 0.3 is 0 Å². The summed E-state index contributed by atoms with van der Waals surface area (Å²) in [6, 6.07) is 0.331. The van der Waals surface area contributed by atoms with E-state index in [4.69, 9.17) is 4.74 Å². The van der Waals surface area contributed by atoms with Gasteiger partial charge in [0, 0.05) is 32.2 Å². The van der Waals surface area contributed by atoms with Crippen LogP contribution in [0.2, 0.25) is 0 Å². The zero-order chi connectivity index (χ0) is 10.2. The molecule has 1 rings (SSSR count). The molecule has 1 aliphatic heterocycles. The van der Waals surface area contributed by atoms with Crippen molar-refractivity contribution < 1.29 is 9.53 Å². The number of ether oxygens (including phenoxy) is 1. The van der Waals surface area contributed by atoms with Crippen LogP contribution in [0.1, 0.15) is 26.2 Å². The highest BCUT2D eigenvalue weighted by atomic mass is 16.5. The fourth-order valence-corrected chi connectivity index (χ4v) is 1.63. The molecule has 14 heavy (non-hydrogen) atoms. The summed E-state index contributed by atoms with van der Waals surface area (Å²) in [6.07, 6.45) is 2.75. The Kier molecular flexibility index (Phi) is 5.56. The van der Waals surface area contributed by atoms with Crippen LogP contribution in [0.3, 0.4) is 0 Å². The van der Waals surface area contributed by atoms with E-state index >= 15 is 0 Å². The molecule has 1 heterocycles. The van der Waals surface area contributed by atoms with Crippen LogP contribution >= 0.6 is 0 Å². The molecule has 4 heteroatoms. The van der Waals surface area contributed by atoms with E-state index in [1.807, 2.05) is 6.92 Å². The second-order valence-corrected chi connectivity index (χ2v) is 3.54. The third-order valence-corrected chi connectivity index (χ3v) is 2.37. The normalized spacial score (nSPS) is 22.9. The highest BCUT2D eigenvalue weighted by Gasteiger charge is 2.15. The third-order valence-electron chi connectivity index (χ3n) is 2.37. The lowest BCUT2D eigenvalue weighted by Gasteiger charge is -2.14. The summed E-state index contributed by atoms with van der Waals surface area (Å²) in [6.45, 7) is 5.13. The Morgan fingerprint density at radius 2 is 2.50 bits per heavy atom. The standard InChI is InChI=1S/C10H20N2O2/c1-2-14-7-6-11-9-4-3-5-12-10(13)8-9/h9,11H,2-8H2,1H3,(H,12,13). The number of amides is 1. The van der Waals surface area contributed by atoms with Crippen molar-refractivity contribution >= 4 is 5.91 Å². The fraction of sp³-hybridized carbons (Fsp3) is 0.900. The molecule has 0 saturated carbocycles. The Labute approximate surface area is 85.4 Å². The summed E-state index contributed by atoms with van der Waals surface area (Å²) >= 11 is 0. The molecule has 0 radical (unpaired) electrons. The fourth-order valence-electron chi connectivity index (χ4n) is 1.63. The van der Waals surface area contributed by atoms with Crippen LogP contribution in [0.5, 0.6) is 0 Å². The van der Waals surface area contributed by atoms with Gasteiger partial charge in [-0.15, -0.1) is 0 Å². The summed E-state index contributed by atoms with van der Waals surface area (Å²) in [7, 11) is 0. The Morgan fingerprint density at radius 1 is 1.64 bits per heavy atom. The Morgan fingerprint density at radius 3 is 3.29 bits per heavy atom. The van der Waals surface area contributed by atoms with E-state index in [-0.39, 0.29) is 5.91 Å². The van der Waals surface area contributed by atoms with Gasteiger partial charge in [0.05, 0.1) is 6.61 Å². The maximum atomic E-state index is 11.2. The Hall–Kier alpha value is -0.610. The summed E-state index contributed by atoms with van der Waals surface area (Å²) in [5.41, 5.74) is 0. The van der Waals surface area contributed by atoms with Crippen LogP contribution in [-0.2, 0) is 9.53 Å². The quantitative estimate of drug-likeness (QED) is 0.627. The molecule has 1 amide bonds. The molecule has 0 aromatic rings. The lowest BCUT2D eigenvalue weighted by atomic mass is 10.1. The number of nitrogens with one attached hydrogen (secondary N) is 2. The molecule has 1 saturated heterocycles. The third kappa shape index (κ3) is 4.58. The first-order valence-corrected chi connectivity index (χ1v) is 5.40. The van der Waals surface area contributed by atoms with Gasteiger partial charge in [-0.2, -0.15) is 0 Å². The molecule has 82 valence electrons. The van der Waals surface area contributed by atoms with Gasteiger partial charge in [0.1, 0.15) is 0 Å². The van der Waals surface area contributed by atoms with E-state index in [2.05, 4.69) is 10.6 Å². The molecule has 0 aromatic carbocycles. The van der Waals surface area contributed by atoms with Crippen LogP contribution in [0.25, 0.3) is 0 Å². The molecule has 0 bridgehead atoms. The molecular weight excluding hydrogens is 180 g/mol. The van der Waals surface area contributed by atoms with Crippen LogP contribution in [-0.4, -0.2) is 38.3 Å². The molecule has 0 aliphatic carbocycles. The highest BCUT2D eigenvalue weighted by Crippen LogP contribution is 2.05. The first kappa shape index (κ1) is 11.5. The summed E-state index contributed by atoms with van der Waals surface area (Å²) in [5, 5.41) is 6.21. The van der Waals surface area contributed by atoms with Gasteiger partial charge in [0.15, 0.2) is 0 Å².